The Bertz CT molecular complexity index is 410. The van der Waals surface area contributed by atoms with Crippen LogP contribution in [0.3, 0.4) is 0 Å². The van der Waals surface area contributed by atoms with Crippen molar-refractivity contribution in [2.24, 2.45) is 11.7 Å². The first-order chi connectivity index (χ1) is 10.3. The Labute approximate surface area is 144 Å². The summed E-state index contributed by atoms with van der Waals surface area (Å²) >= 11 is 0. The van der Waals surface area contributed by atoms with E-state index in [1.807, 2.05) is 13.8 Å². The molecule has 3 N–H and O–H groups in total. The van der Waals surface area contributed by atoms with Crippen LogP contribution < -0.4 is 11.1 Å². The molecular weight excluding hydrogens is 320 g/mol. The average molecular weight is 349 g/mol. The van der Waals surface area contributed by atoms with Crippen molar-refractivity contribution in [1.29, 1.82) is 0 Å². The van der Waals surface area contributed by atoms with Crippen LogP contribution in [0.4, 0.5) is 0 Å². The first-order valence-corrected chi connectivity index (χ1v) is 7.87. The molecule has 1 atom stereocenters. The number of halogens is 1. The number of nitrogens with zero attached hydrogens (tertiary/aromatic N) is 2. The minimum atomic E-state index is -0.519. The van der Waals surface area contributed by atoms with Gasteiger partial charge in [-0.25, -0.2) is 0 Å². The fraction of sp³-hybridized carbons (Fsp3) is 0.800. The van der Waals surface area contributed by atoms with Gasteiger partial charge in [0.25, 0.3) is 0 Å². The molecule has 0 aromatic carbocycles. The maximum absolute atomic E-state index is 12.0. The molecular formula is C15H29ClN4O3. The minimum absolute atomic E-state index is 0. The van der Waals surface area contributed by atoms with Crippen molar-refractivity contribution < 1.29 is 14.4 Å². The summed E-state index contributed by atoms with van der Waals surface area (Å²) in [5.41, 5.74) is 5.78. The molecule has 0 saturated carbocycles. The number of nitrogens with one attached hydrogen (secondary N) is 1. The molecule has 1 aliphatic heterocycles. The molecule has 0 radical (unpaired) electrons. The van der Waals surface area contributed by atoms with Crippen molar-refractivity contribution in [3.05, 3.63) is 0 Å². The Morgan fingerprint density at radius 2 is 1.61 bits per heavy atom. The number of piperazine rings is 1. The van der Waals surface area contributed by atoms with E-state index in [1.54, 1.807) is 9.80 Å². The third-order valence-corrected chi connectivity index (χ3v) is 3.78. The van der Waals surface area contributed by atoms with E-state index in [2.05, 4.69) is 5.32 Å². The molecule has 1 rings (SSSR count). The molecule has 0 bridgehead atoms. The van der Waals surface area contributed by atoms with Crippen molar-refractivity contribution in [3.8, 4) is 0 Å². The van der Waals surface area contributed by atoms with Gasteiger partial charge in [-0.05, 0) is 12.3 Å². The maximum atomic E-state index is 12.0. The van der Waals surface area contributed by atoms with Gasteiger partial charge in [0.15, 0.2) is 0 Å². The van der Waals surface area contributed by atoms with Crippen molar-refractivity contribution in [2.45, 2.75) is 39.7 Å². The number of carbonyl (C=O) groups is 3. The molecule has 8 heteroatoms. The second-order valence-electron chi connectivity index (χ2n) is 6.16. The quantitative estimate of drug-likeness (QED) is 0.705. The fourth-order valence-corrected chi connectivity index (χ4v) is 2.47. The van der Waals surface area contributed by atoms with Gasteiger partial charge in [-0.15, -0.1) is 12.4 Å². The van der Waals surface area contributed by atoms with E-state index in [0.717, 1.165) is 0 Å². The Kier molecular flexibility index (Phi) is 9.83. The molecule has 0 aromatic rings. The predicted octanol–water partition coefficient (Wildman–Crippen LogP) is -0.0214. The standard InChI is InChI=1S/C15H28N4O3.ClH/c1-11(2)10-13(16)15(22)17-5-4-14(21)19-8-6-18(7-9-19)12(3)20;/h11,13H,4-10,16H2,1-3H3,(H,17,22);1H/t13-;/m0./s1. The first kappa shape index (κ1) is 21.7. The van der Waals surface area contributed by atoms with E-state index in [1.165, 1.54) is 6.92 Å². The van der Waals surface area contributed by atoms with E-state index < -0.39 is 6.04 Å². The van der Waals surface area contributed by atoms with Gasteiger partial charge >= 0.3 is 0 Å². The SMILES string of the molecule is CC(=O)N1CCN(C(=O)CCNC(=O)[C@@H](N)CC(C)C)CC1.Cl. The number of rotatable bonds is 6. The molecule has 134 valence electrons. The lowest BCUT2D eigenvalue weighted by atomic mass is 10.0. The van der Waals surface area contributed by atoms with E-state index in [9.17, 15) is 14.4 Å². The number of hydrogen-bond donors (Lipinski definition) is 2. The number of hydrogen-bond acceptors (Lipinski definition) is 4. The van der Waals surface area contributed by atoms with E-state index in [4.69, 9.17) is 5.73 Å². The van der Waals surface area contributed by atoms with Gasteiger partial charge in [0.1, 0.15) is 0 Å². The van der Waals surface area contributed by atoms with E-state index in [0.29, 0.717) is 45.1 Å². The Morgan fingerprint density at radius 1 is 1.09 bits per heavy atom. The molecule has 1 aliphatic rings. The van der Waals surface area contributed by atoms with E-state index >= 15 is 0 Å². The Balaban J connectivity index is 0.00000484. The van der Waals surface area contributed by atoms with Crippen molar-refractivity contribution in [2.75, 3.05) is 32.7 Å². The summed E-state index contributed by atoms with van der Waals surface area (Å²) in [6.45, 7) is 8.12. The lowest BCUT2D eigenvalue weighted by Gasteiger charge is -2.34. The fourth-order valence-electron chi connectivity index (χ4n) is 2.47. The third kappa shape index (κ3) is 7.65. The highest BCUT2D eigenvalue weighted by atomic mass is 35.5. The topological polar surface area (TPSA) is 95.7 Å². The summed E-state index contributed by atoms with van der Waals surface area (Å²) < 4.78 is 0. The van der Waals surface area contributed by atoms with Crippen molar-refractivity contribution in [3.63, 3.8) is 0 Å². The largest absolute Gasteiger partial charge is 0.354 e. The summed E-state index contributed by atoms with van der Waals surface area (Å²) in [5.74, 6) is 0.197. The van der Waals surface area contributed by atoms with Crippen LogP contribution in [0.15, 0.2) is 0 Å². The zero-order chi connectivity index (χ0) is 16.7. The summed E-state index contributed by atoms with van der Waals surface area (Å²) in [4.78, 5) is 38.5. The molecule has 0 aliphatic carbocycles. The van der Waals surface area contributed by atoms with Gasteiger partial charge < -0.3 is 20.9 Å². The summed E-state index contributed by atoms with van der Waals surface area (Å²) in [6, 6.07) is -0.519. The average Bonchev–Trinajstić information content (AvgIpc) is 2.46. The first-order valence-electron chi connectivity index (χ1n) is 7.87. The smallest absolute Gasteiger partial charge is 0.236 e. The summed E-state index contributed by atoms with van der Waals surface area (Å²) in [6.07, 6.45) is 0.896. The molecule has 0 spiro atoms. The predicted molar refractivity (Wildman–Crippen MR) is 91.1 cm³/mol. The van der Waals surface area contributed by atoms with Gasteiger partial charge in [0.2, 0.25) is 17.7 Å². The van der Waals surface area contributed by atoms with E-state index in [-0.39, 0.29) is 36.5 Å². The highest BCUT2D eigenvalue weighted by Gasteiger charge is 2.22. The Hall–Kier alpha value is -1.34. The molecule has 0 unspecified atom stereocenters. The number of amides is 3. The van der Waals surface area contributed by atoms with Crippen LogP contribution in [0.2, 0.25) is 0 Å². The number of carbonyl (C=O) groups excluding carboxylic acids is 3. The second kappa shape index (κ2) is 10.4. The van der Waals surface area contributed by atoms with Crippen LogP contribution in [0.25, 0.3) is 0 Å². The van der Waals surface area contributed by atoms with Crippen LogP contribution >= 0.6 is 12.4 Å². The van der Waals surface area contributed by atoms with Crippen LogP contribution in [0.1, 0.15) is 33.6 Å². The molecule has 1 fully saturated rings. The highest BCUT2D eigenvalue weighted by Crippen LogP contribution is 2.05. The van der Waals surface area contributed by atoms with Crippen LogP contribution in [0, 0.1) is 5.92 Å². The molecule has 1 saturated heterocycles. The molecule has 7 nitrogen and oxygen atoms in total. The van der Waals surface area contributed by atoms with Crippen molar-refractivity contribution >= 4 is 30.1 Å². The Morgan fingerprint density at radius 3 is 2.09 bits per heavy atom. The zero-order valence-corrected chi connectivity index (χ0v) is 15.0. The maximum Gasteiger partial charge on any atom is 0.236 e. The third-order valence-electron chi connectivity index (χ3n) is 3.78. The van der Waals surface area contributed by atoms with Gasteiger partial charge in [0, 0.05) is 46.1 Å². The zero-order valence-electron chi connectivity index (χ0n) is 14.2. The van der Waals surface area contributed by atoms with Gasteiger partial charge in [-0.3, -0.25) is 14.4 Å². The normalized spacial score (nSPS) is 15.9. The summed E-state index contributed by atoms with van der Waals surface area (Å²) in [5, 5.41) is 2.71. The lowest BCUT2D eigenvalue weighted by molar-refractivity contribution is -0.138. The number of nitrogens with two attached hydrogens (primary N) is 1. The van der Waals surface area contributed by atoms with Crippen molar-refractivity contribution in [1.82, 2.24) is 15.1 Å². The van der Waals surface area contributed by atoms with Crippen LogP contribution in [-0.2, 0) is 14.4 Å². The minimum Gasteiger partial charge on any atom is -0.354 e. The van der Waals surface area contributed by atoms with Crippen LogP contribution in [0.5, 0.6) is 0 Å². The molecule has 23 heavy (non-hydrogen) atoms. The van der Waals surface area contributed by atoms with Gasteiger partial charge in [-0.2, -0.15) is 0 Å². The molecule has 3 amide bonds. The van der Waals surface area contributed by atoms with Crippen LogP contribution in [-0.4, -0.2) is 66.3 Å². The molecule has 0 aromatic heterocycles. The second-order valence-corrected chi connectivity index (χ2v) is 6.16. The monoisotopic (exact) mass is 348 g/mol. The molecule has 1 heterocycles. The lowest BCUT2D eigenvalue weighted by Crippen LogP contribution is -2.50. The van der Waals surface area contributed by atoms with Gasteiger partial charge in [0.05, 0.1) is 6.04 Å². The summed E-state index contributed by atoms with van der Waals surface area (Å²) in [7, 11) is 0. The van der Waals surface area contributed by atoms with Gasteiger partial charge in [-0.1, -0.05) is 13.8 Å². The highest BCUT2D eigenvalue weighted by molar-refractivity contribution is 5.85.